The number of hydrogen-bond donors (Lipinski definition) is 2. The van der Waals surface area contributed by atoms with E-state index in [1.807, 2.05) is 32.9 Å². The Bertz CT molecular complexity index is 480. The van der Waals surface area contributed by atoms with Crippen molar-refractivity contribution in [1.82, 2.24) is 5.32 Å². The normalized spacial score (nSPS) is 13.3. The summed E-state index contributed by atoms with van der Waals surface area (Å²) in [6.45, 7) is 7.46. The molecule has 1 aliphatic rings. The van der Waals surface area contributed by atoms with Crippen LogP contribution in [0.15, 0.2) is 18.2 Å². The highest BCUT2D eigenvalue weighted by molar-refractivity contribution is 5.67. The number of rotatable bonds is 4. The second kappa shape index (κ2) is 6.03. The van der Waals surface area contributed by atoms with Crippen molar-refractivity contribution in [2.75, 3.05) is 25.0 Å². The van der Waals surface area contributed by atoms with E-state index >= 15 is 0 Å². The topological polar surface area (TPSA) is 59.6 Å². The average molecular weight is 278 g/mol. The van der Waals surface area contributed by atoms with Gasteiger partial charge in [-0.05, 0) is 44.5 Å². The van der Waals surface area contributed by atoms with E-state index in [0.717, 1.165) is 24.5 Å². The van der Waals surface area contributed by atoms with E-state index in [4.69, 9.17) is 9.47 Å². The van der Waals surface area contributed by atoms with Gasteiger partial charge in [-0.2, -0.15) is 0 Å². The lowest BCUT2D eigenvalue weighted by molar-refractivity contribution is 0.0530. The number of nitrogens with one attached hydrogen (secondary N) is 2. The van der Waals surface area contributed by atoms with Gasteiger partial charge in [0.05, 0.1) is 6.61 Å². The monoisotopic (exact) mass is 278 g/mol. The average Bonchev–Trinajstić information content (AvgIpc) is 2.79. The van der Waals surface area contributed by atoms with Crippen molar-refractivity contribution in [3.63, 3.8) is 0 Å². The number of hydrogen-bond acceptors (Lipinski definition) is 4. The Morgan fingerprint density at radius 1 is 1.35 bits per heavy atom. The molecule has 1 aromatic carbocycles. The largest absolute Gasteiger partial charge is 0.493 e. The Labute approximate surface area is 119 Å². The smallest absolute Gasteiger partial charge is 0.407 e. The highest BCUT2D eigenvalue weighted by Gasteiger charge is 2.15. The number of fused-ring (bicyclic) bond motifs is 1. The van der Waals surface area contributed by atoms with Gasteiger partial charge in [0.25, 0.3) is 0 Å². The van der Waals surface area contributed by atoms with E-state index < -0.39 is 5.60 Å². The molecule has 1 amide bonds. The first-order valence-electron chi connectivity index (χ1n) is 6.90. The SMILES string of the molecule is CC(C)(C)OC(=O)NCCNc1ccc2c(c1)CCO2. The zero-order valence-electron chi connectivity index (χ0n) is 12.3. The summed E-state index contributed by atoms with van der Waals surface area (Å²) in [4.78, 5) is 11.4. The molecular formula is C15H22N2O3. The number of amides is 1. The molecule has 0 atom stereocenters. The molecule has 0 saturated heterocycles. The van der Waals surface area contributed by atoms with Gasteiger partial charge in [0, 0.05) is 25.2 Å². The molecule has 0 aromatic heterocycles. The third-order valence-corrected chi connectivity index (χ3v) is 2.81. The lowest BCUT2D eigenvalue weighted by Gasteiger charge is -2.19. The molecule has 1 heterocycles. The first kappa shape index (κ1) is 14.5. The molecule has 0 spiro atoms. The lowest BCUT2D eigenvalue weighted by atomic mass is 10.1. The third kappa shape index (κ3) is 4.33. The van der Waals surface area contributed by atoms with Crippen molar-refractivity contribution in [2.45, 2.75) is 32.8 Å². The Kier molecular flexibility index (Phi) is 4.37. The van der Waals surface area contributed by atoms with E-state index in [-0.39, 0.29) is 6.09 Å². The second-order valence-electron chi connectivity index (χ2n) is 5.78. The van der Waals surface area contributed by atoms with E-state index in [0.29, 0.717) is 13.1 Å². The zero-order chi connectivity index (χ0) is 14.6. The Morgan fingerprint density at radius 2 is 2.15 bits per heavy atom. The van der Waals surface area contributed by atoms with Crippen molar-refractivity contribution in [3.8, 4) is 5.75 Å². The molecule has 20 heavy (non-hydrogen) atoms. The first-order chi connectivity index (χ1) is 9.44. The minimum Gasteiger partial charge on any atom is -0.493 e. The van der Waals surface area contributed by atoms with Crippen LogP contribution in [0.3, 0.4) is 0 Å². The minimum atomic E-state index is -0.461. The summed E-state index contributed by atoms with van der Waals surface area (Å²) in [6.07, 6.45) is 0.572. The summed E-state index contributed by atoms with van der Waals surface area (Å²) < 4.78 is 10.6. The maximum atomic E-state index is 11.4. The van der Waals surface area contributed by atoms with Crippen LogP contribution in [0.1, 0.15) is 26.3 Å². The predicted molar refractivity (Wildman–Crippen MR) is 78.4 cm³/mol. The van der Waals surface area contributed by atoms with Gasteiger partial charge in [-0.3, -0.25) is 0 Å². The molecule has 0 saturated carbocycles. The fourth-order valence-electron chi connectivity index (χ4n) is 1.98. The fraction of sp³-hybridized carbons (Fsp3) is 0.533. The molecule has 0 fully saturated rings. The fourth-order valence-corrected chi connectivity index (χ4v) is 1.98. The van der Waals surface area contributed by atoms with Crippen LogP contribution >= 0.6 is 0 Å². The van der Waals surface area contributed by atoms with Crippen molar-refractivity contribution >= 4 is 11.8 Å². The highest BCUT2D eigenvalue weighted by atomic mass is 16.6. The number of ether oxygens (including phenoxy) is 2. The third-order valence-electron chi connectivity index (χ3n) is 2.81. The standard InChI is InChI=1S/C15H22N2O3/c1-15(2,3)20-14(18)17-8-7-16-12-4-5-13-11(10-12)6-9-19-13/h4-5,10,16H,6-9H2,1-3H3,(H,17,18). The van der Waals surface area contributed by atoms with Crippen LogP contribution in [-0.4, -0.2) is 31.4 Å². The number of carbonyl (C=O) groups is 1. The summed E-state index contributed by atoms with van der Waals surface area (Å²) in [5.41, 5.74) is 1.81. The van der Waals surface area contributed by atoms with Crippen molar-refractivity contribution in [1.29, 1.82) is 0 Å². The van der Waals surface area contributed by atoms with Crippen LogP contribution in [0.2, 0.25) is 0 Å². The van der Waals surface area contributed by atoms with Gasteiger partial charge in [0.2, 0.25) is 0 Å². The molecule has 1 aliphatic heterocycles. The molecule has 0 radical (unpaired) electrons. The Hall–Kier alpha value is -1.91. The van der Waals surface area contributed by atoms with Crippen LogP contribution < -0.4 is 15.4 Å². The lowest BCUT2D eigenvalue weighted by Crippen LogP contribution is -2.34. The Morgan fingerprint density at radius 3 is 2.90 bits per heavy atom. The maximum Gasteiger partial charge on any atom is 0.407 e. The van der Waals surface area contributed by atoms with E-state index in [9.17, 15) is 4.79 Å². The van der Waals surface area contributed by atoms with Gasteiger partial charge in [0.15, 0.2) is 0 Å². The highest BCUT2D eigenvalue weighted by Crippen LogP contribution is 2.27. The summed E-state index contributed by atoms with van der Waals surface area (Å²) in [5, 5.41) is 5.98. The molecule has 110 valence electrons. The van der Waals surface area contributed by atoms with Gasteiger partial charge in [-0.1, -0.05) is 0 Å². The maximum absolute atomic E-state index is 11.4. The first-order valence-corrected chi connectivity index (χ1v) is 6.90. The van der Waals surface area contributed by atoms with Crippen molar-refractivity contribution in [2.24, 2.45) is 0 Å². The number of anilines is 1. The predicted octanol–water partition coefficient (Wildman–Crippen LogP) is 2.56. The van der Waals surface area contributed by atoms with E-state index in [1.54, 1.807) is 0 Å². The van der Waals surface area contributed by atoms with Gasteiger partial charge in [-0.25, -0.2) is 4.79 Å². The molecule has 0 bridgehead atoms. The van der Waals surface area contributed by atoms with Gasteiger partial charge in [0.1, 0.15) is 11.4 Å². The van der Waals surface area contributed by atoms with Crippen LogP contribution in [-0.2, 0) is 11.2 Å². The van der Waals surface area contributed by atoms with Crippen LogP contribution in [0.4, 0.5) is 10.5 Å². The minimum absolute atomic E-state index is 0.387. The summed E-state index contributed by atoms with van der Waals surface area (Å²) in [6, 6.07) is 6.05. The van der Waals surface area contributed by atoms with Gasteiger partial charge < -0.3 is 20.1 Å². The summed E-state index contributed by atoms with van der Waals surface area (Å²) >= 11 is 0. The van der Waals surface area contributed by atoms with E-state index in [2.05, 4.69) is 16.7 Å². The second-order valence-corrected chi connectivity index (χ2v) is 5.78. The van der Waals surface area contributed by atoms with Crippen molar-refractivity contribution in [3.05, 3.63) is 23.8 Å². The van der Waals surface area contributed by atoms with Gasteiger partial charge >= 0.3 is 6.09 Å². The molecule has 2 N–H and O–H groups in total. The van der Waals surface area contributed by atoms with E-state index in [1.165, 1.54) is 5.56 Å². The number of alkyl carbamates (subject to hydrolysis) is 1. The van der Waals surface area contributed by atoms with Gasteiger partial charge in [-0.15, -0.1) is 0 Å². The van der Waals surface area contributed by atoms with Crippen molar-refractivity contribution < 1.29 is 14.3 Å². The number of carbonyl (C=O) groups excluding carboxylic acids is 1. The van der Waals surface area contributed by atoms with Crippen LogP contribution in [0.25, 0.3) is 0 Å². The molecule has 0 aliphatic carbocycles. The number of benzene rings is 1. The zero-order valence-corrected chi connectivity index (χ0v) is 12.3. The molecule has 0 unspecified atom stereocenters. The summed E-state index contributed by atoms with van der Waals surface area (Å²) in [7, 11) is 0. The summed E-state index contributed by atoms with van der Waals surface area (Å²) in [5.74, 6) is 0.974. The molecule has 1 aromatic rings. The van der Waals surface area contributed by atoms with Crippen LogP contribution in [0.5, 0.6) is 5.75 Å². The molecule has 2 rings (SSSR count). The molecule has 5 heteroatoms. The van der Waals surface area contributed by atoms with Crippen LogP contribution in [0, 0.1) is 0 Å². The molecular weight excluding hydrogens is 256 g/mol. The Balaban J connectivity index is 1.70. The molecule has 5 nitrogen and oxygen atoms in total. The quantitative estimate of drug-likeness (QED) is 0.831.